The lowest BCUT2D eigenvalue weighted by atomic mass is 10.2. The maximum absolute atomic E-state index is 13.5. The van der Waals surface area contributed by atoms with Crippen LogP contribution in [0.25, 0.3) is 0 Å². The maximum atomic E-state index is 13.5. The van der Waals surface area contributed by atoms with Gasteiger partial charge in [0.05, 0.1) is 5.69 Å². The van der Waals surface area contributed by atoms with Gasteiger partial charge in [-0.05, 0) is 36.4 Å². The number of rotatable bonds is 2. The van der Waals surface area contributed by atoms with E-state index in [1.165, 1.54) is 36.4 Å². The van der Waals surface area contributed by atoms with Gasteiger partial charge in [0.1, 0.15) is 11.6 Å². The zero-order chi connectivity index (χ0) is 12.4. The fourth-order valence-electron chi connectivity index (χ4n) is 1.43. The molecule has 17 heavy (non-hydrogen) atoms. The molecule has 0 saturated carbocycles. The Morgan fingerprint density at radius 1 is 1.06 bits per heavy atom. The first kappa shape index (κ1) is 11.7. The minimum atomic E-state index is -0.514. The Morgan fingerprint density at radius 3 is 2.47 bits per heavy atom. The van der Waals surface area contributed by atoms with Crippen LogP contribution in [0, 0.1) is 11.6 Å². The van der Waals surface area contributed by atoms with Crippen molar-refractivity contribution in [1.29, 1.82) is 0 Å². The van der Waals surface area contributed by atoms with Crippen LogP contribution in [0.15, 0.2) is 36.4 Å². The topological polar surface area (TPSA) is 38.0 Å². The molecule has 3 N–H and O–H groups in total. The van der Waals surface area contributed by atoms with Gasteiger partial charge in [-0.2, -0.15) is 0 Å². The average molecular weight is 255 g/mol. The molecule has 2 aromatic rings. The second-order valence-corrected chi connectivity index (χ2v) is 3.96. The summed E-state index contributed by atoms with van der Waals surface area (Å²) < 4.78 is 26.5. The van der Waals surface area contributed by atoms with Crippen LogP contribution in [-0.4, -0.2) is 0 Å². The van der Waals surface area contributed by atoms with E-state index in [0.29, 0.717) is 10.7 Å². The van der Waals surface area contributed by atoms with Crippen LogP contribution in [-0.2, 0) is 0 Å². The molecule has 0 fully saturated rings. The van der Waals surface area contributed by atoms with Crippen LogP contribution in [0.2, 0.25) is 5.02 Å². The molecule has 5 heteroatoms. The Balaban J connectivity index is 2.31. The van der Waals surface area contributed by atoms with Crippen molar-refractivity contribution in [3.05, 3.63) is 53.1 Å². The monoisotopic (exact) mass is 254 g/mol. The summed E-state index contributed by atoms with van der Waals surface area (Å²) in [7, 11) is 0. The highest BCUT2D eigenvalue weighted by Crippen LogP contribution is 2.24. The molecular formula is C12H9ClF2N2. The summed E-state index contributed by atoms with van der Waals surface area (Å²) in [5.41, 5.74) is 6.33. The van der Waals surface area contributed by atoms with Gasteiger partial charge in [-0.15, -0.1) is 0 Å². The first-order valence-electron chi connectivity index (χ1n) is 4.83. The molecule has 0 aromatic heterocycles. The minimum Gasteiger partial charge on any atom is -0.399 e. The van der Waals surface area contributed by atoms with E-state index in [-0.39, 0.29) is 11.4 Å². The first-order chi connectivity index (χ1) is 8.04. The summed E-state index contributed by atoms with van der Waals surface area (Å²) in [4.78, 5) is 0. The van der Waals surface area contributed by atoms with Crippen molar-refractivity contribution < 1.29 is 8.78 Å². The molecule has 0 saturated heterocycles. The largest absolute Gasteiger partial charge is 0.399 e. The summed E-state index contributed by atoms with van der Waals surface area (Å²) in [6.45, 7) is 0. The second kappa shape index (κ2) is 4.59. The lowest BCUT2D eigenvalue weighted by Gasteiger charge is -2.08. The number of nitrogen functional groups attached to an aromatic ring is 1. The maximum Gasteiger partial charge on any atom is 0.148 e. The van der Waals surface area contributed by atoms with Crippen LogP contribution in [0.3, 0.4) is 0 Å². The molecule has 0 aliphatic heterocycles. The third-order valence-electron chi connectivity index (χ3n) is 2.13. The molecule has 0 aliphatic carbocycles. The summed E-state index contributed by atoms with van der Waals surface area (Å²) in [6.07, 6.45) is 0. The minimum absolute atomic E-state index is 0.208. The molecule has 0 bridgehead atoms. The second-order valence-electron chi connectivity index (χ2n) is 3.52. The van der Waals surface area contributed by atoms with Crippen molar-refractivity contribution in [2.75, 3.05) is 11.1 Å². The van der Waals surface area contributed by atoms with E-state index in [2.05, 4.69) is 5.32 Å². The van der Waals surface area contributed by atoms with E-state index in [0.717, 1.165) is 0 Å². The van der Waals surface area contributed by atoms with Gasteiger partial charge in [-0.25, -0.2) is 8.78 Å². The first-order valence-corrected chi connectivity index (χ1v) is 5.20. The van der Waals surface area contributed by atoms with Crippen molar-refractivity contribution in [3.8, 4) is 0 Å². The molecule has 0 amide bonds. The van der Waals surface area contributed by atoms with E-state index < -0.39 is 11.6 Å². The third-order valence-corrected chi connectivity index (χ3v) is 2.37. The molecule has 2 nitrogen and oxygen atoms in total. The predicted octanol–water partition coefficient (Wildman–Crippen LogP) is 3.94. The number of benzene rings is 2. The van der Waals surface area contributed by atoms with Crippen molar-refractivity contribution in [2.24, 2.45) is 0 Å². The molecule has 88 valence electrons. The number of hydrogen-bond donors (Lipinski definition) is 2. The lowest BCUT2D eigenvalue weighted by molar-refractivity contribution is 0.627. The highest BCUT2D eigenvalue weighted by molar-refractivity contribution is 6.30. The summed E-state index contributed by atoms with van der Waals surface area (Å²) in [6, 6.07) is 8.10. The summed E-state index contributed by atoms with van der Waals surface area (Å²) in [5, 5.41) is 3.03. The Morgan fingerprint density at radius 2 is 1.82 bits per heavy atom. The Bertz CT molecular complexity index is 538. The van der Waals surface area contributed by atoms with Crippen molar-refractivity contribution in [2.45, 2.75) is 0 Å². The molecule has 0 aliphatic rings. The van der Waals surface area contributed by atoms with Crippen LogP contribution >= 0.6 is 11.6 Å². The van der Waals surface area contributed by atoms with E-state index in [1.54, 1.807) is 0 Å². The zero-order valence-electron chi connectivity index (χ0n) is 8.68. The van der Waals surface area contributed by atoms with Gasteiger partial charge in [-0.3, -0.25) is 0 Å². The smallest absolute Gasteiger partial charge is 0.148 e. The Labute approximate surface area is 102 Å². The summed E-state index contributed by atoms with van der Waals surface area (Å²) in [5.74, 6) is -0.998. The standard InChI is InChI=1S/C12H9ClF2N2/c13-7-1-2-12(11(15)3-7)17-10-5-8(14)4-9(16)6-10/h1-6,17H,16H2. The fraction of sp³-hybridized carbons (Fsp3) is 0. The summed E-state index contributed by atoms with van der Waals surface area (Å²) >= 11 is 5.62. The fourth-order valence-corrected chi connectivity index (χ4v) is 1.59. The van der Waals surface area contributed by atoms with Crippen molar-refractivity contribution >= 4 is 28.7 Å². The molecule has 0 spiro atoms. The number of nitrogens with two attached hydrogens (primary N) is 1. The third kappa shape index (κ3) is 2.85. The van der Waals surface area contributed by atoms with Crippen LogP contribution in [0.4, 0.5) is 25.8 Å². The predicted molar refractivity (Wildman–Crippen MR) is 65.5 cm³/mol. The number of hydrogen-bond acceptors (Lipinski definition) is 2. The quantitative estimate of drug-likeness (QED) is 0.797. The number of nitrogens with one attached hydrogen (secondary N) is 1. The van der Waals surface area contributed by atoms with Crippen LogP contribution in [0.1, 0.15) is 0 Å². The average Bonchev–Trinajstić information content (AvgIpc) is 2.21. The molecule has 0 unspecified atom stereocenters. The molecule has 0 radical (unpaired) electrons. The lowest BCUT2D eigenvalue weighted by Crippen LogP contribution is -1.96. The number of anilines is 3. The molecule has 2 rings (SSSR count). The molecule has 0 heterocycles. The highest BCUT2D eigenvalue weighted by Gasteiger charge is 2.04. The van der Waals surface area contributed by atoms with Gasteiger partial charge >= 0.3 is 0 Å². The van der Waals surface area contributed by atoms with E-state index in [9.17, 15) is 8.78 Å². The van der Waals surface area contributed by atoms with Gasteiger partial charge in [0, 0.05) is 16.4 Å². The van der Waals surface area contributed by atoms with Crippen molar-refractivity contribution in [3.63, 3.8) is 0 Å². The van der Waals surface area contributed by atoms with Crippen LogP contribution in [0.5, 0.6) is 0 Å². The van der Waals surface area contributed by atoms with E-state index in [4.69, 9.17) is 17.3 Å². The molecule has 2 aromatic carbocycles. The van der Waals surface area contributed by atoms with Gasteiger partial charge in [0.15, 0.2) is 0 Å². The van der Waals surface area contributed by atoms with Gasteiger partial charge in [0.25, 0.3) is 0 Å². The van der Waals surface area contributed by atoms with Gasteiger partial charge in [0.2, 0.25) is 0 Å². The van der Waals surface area contributed by atoms with E-state index in [1.807, 2.05) is 0 Å². The van der Waals surface area contributed by atoms with Crippen molar-refractivity contribution in [1.82, 2.24) is 0 Å². The SMILES string of the molecule is Nc1cc(F)cc(Nc2ccc(Cl)cc2F)c1. The van der Waals surface area contributed by atoms with Crippen LogP contribution < -0.4 is 11.1 Å². The van der Waals surface area contributed by atoms with Gasteiger partial charge < -0.3 is 11.1 Å². The van der Waals surface area contributed by atoms with E-state index >= 15 is 0 Å². The molecular weight excluding hydrogens is 246 g/mol. The number of halogens is 3. The zero-order valence-corrected chi connectivity index (χ0v) is 9.43. The normalized spacial score (nSPS) is 10.3. The van der Waals surface area contributed by atoms with Gasteiger partial charge in [-0.1, -0.05) is 11.6 Å². The highest BCUT2D eigenvalue weighted by atomic mass is 35.5. The Kier molecular flexibility index (Phi) is 3.15. The Hall–Kier alpha value is -1.81. The molecule has 0 atom stereocenters.